The van der Waals surface area contributed by atoms with E-state index in [0.29, 0.717) is 10.6 Å². The predicted molar refractivity (Wildman–Crippen MR) is 87.9 cm³/mol. The van der Waals surface area contributed by atoms with Gasteiger partial charge in [0.1, 0.15) is 29.5 Å². The molecule has 8 nitrogen and oxygen atoms in total. The van der Waals surface area contributed by atoms with Gasteiger partial charge in [0.15, 0.2) is 0 Å². The Bertz CT molecular complexity index is 848. The van der Waals surface area contributed by atoms with Crippen molar-refractivity contribution in [3.05, 3.63) is 38.5 Å². The molecule has 0 aliphatic heterocycles. The summed E-state index contributed by atoms with van der Waals surface area (Å²) < 4.78 is 1.24. The third-order valence-corrected chi connectivity index (χ3v) is 5.30. The largest absolute Gasteiger partial charge is 0.315 e. The number of anilines is 1. The van der Waals surface area contributed by atoms with E-state index in [1.54, 1.807) is 6.92 Å². The zero-order chi connectivity index (χ0) is 17.3. The molecule has 124 valence electrons. The highest BCUT2D eigenvalue weighted by molar-refractivity contribution is 7.16. The Morgan fingerprint density at radius 3 is 2.96 bits per heavy atom. The van der Waals surface area contributed by atoms with Crippen molar-refractivity contribution in [1.82, 2.24) is 9.78 Å². The molecule has 1 atom stereocenters. The van der Waals surface area contributed by atoms with E-state index in [2.05, 4.69) is 16.5 Å². The van der Waals surface area contributed by atoms with E-state index < -0.39 is 11.0 Å². The number of nitrogens with zero attached hydrogens (tertiary/aromatic N) is 4. The molecule has 1 aliphatic rings. The minimum absolute atomic E-state index is 0.168. The first-order valence-electron chi connectivity index (χ1n) is 7.55. The molecule has 9 heteroatoms. The maximum Gasteiger partial charge on any atom is 0.307 e. The molecule has 1 amide bonds. The van der Waals surface area contributed by atoms with Crippen LogP contribution in [0, 0.1) is 21.4 Å². The van der Waals surface area contributed by atoms with Gasteiger partial charge in [-0.15, -0.1) is 11.3 Å². The zero-order valence-electron chi connectivity index (χ0n) is 13.0. The summed E-state index contributed by atoms with van der Waals surface area (Å²) in [5, 5.41) is 27.3. The third kappa shape index (κ3) is 2.88. The van der Waals surface area contributed by atoms with Gasteiger partial charge >= 0.3 is 5.69 Å². The van der Waals surface area contributed by atoms with E-state index in [-0.39, 0.29) is 11.6 Å². The SMILES string of the molecule is C[C@H](C(=O)Nc1sc2c(c1C#N)CCCC2)n1cc([N+](=O)[O-])cn1. The van der Waals surface area contributed by atoms with Crippen molar-refractivity contribution in [2.24, 2.45) is 0 Å². The Labute approximate surface area is 141 Å². The molecule has 0 saturated heterocycles. The number of fused-ring (bicyclic) bond motifs is 1. The summed E-state index contributed by atoms with van der Waals surface area (Å²) in [6.07, 6.45) is 6.28. The van der Waals surface area contributed by atoms with E-state index in [1.165, 1.54) is 22.2 Å². The minimum Gasteiger partial charge on any atom is -0.315 e. The van der Waals surface area contributed by atoms with E-state index >= 15 is 0 Å². The van der Waals surface area contributed by atoms with Gasteiger partial charge in [-0.2, -0.15) is 10.4 Å². The first kappa shape index (κ1) is 16.1. The average molecular weight is 345 g/mol. The van der Waals surface area contributed by atoms with Crippen LogP contribution in [0.3, 0.4) is 0 Å². The van der Waals surface area contributed by atoms with Gasteiger partial charge in [-0.05, 0) is 38.2 Å². The molecule has 0 unspecified atom stereocenters. The molecule has 1 aliphatic carbocycles. The number of thiophene rings is 1. The molecule has 0 aromatic carbocycles. The molecule has 2 heterocycles. The van der Waals surface area contributed by atoms with Crippen molar-refractivity contribution in [3.8, 4) is 6.07 Å². The molecule has 0 spiro atoms. The van der Waals surface area contributed by atoms with Crippen LogP contribution in [-0.2, 0) is 17.6 Å². The van der Waals surface area contributed by atoms with Crippen LogP contribution < -0.4 is 5.32 Å². The summed E-state index contributed by atoms with van der Waals surface area (Å²) in [7, 11) is 0. The summed E-state index contributed by atoms with van der Waals surface area (Å²) in [4.78, 5) is 23.7. The Morgan fingerprint density at radius 1 is 1.54 bits per heavy atom. The van der Waals surface area contributed by atoms with Gasteiger partial charge in [0.25, 0.3) is 0 Å². The summed E-state index contributed by atoms with van der Waals surface area (Å²) in [5.41, 5.74) is 1.42. The van der Waals surface area contributed by atoms with Crippen molar-refractivity contribution >= 4 is 27.9 Å². The normalized spacial score (nSPS) is 14.5. The topological polar surface area (TPSA) is 114 Å². The highest BCUT2D eigenvalue weighted by Gasteiger charge is 2.24. The van der Waals surface area contributed by atoms with Crippen LogP contribution >= 0.6 is 11.3 Å². The van der Waals surface area contributed by atoms with Gasteiger partial charge in [0.2, 0.25) is 5.91 Å². The maximum atomic E-state index is 12.4. The number of amides is 1. The third-order valence-electron chi connectivity index (χ3n) is 4.09. The highest BCUT2D eigenvalue weighted by atomic mass is 32.1. The van der Waals surface area contributed by atoms with Crippen LogP contribution in [0.4, 0.5) is 10.7 Å². The monoisotopic (exact) mass is 345 g/mol. The van der Waals surface area contributed by atoms with Crippen molar-refractivity contribution in [2.75, 3.05) is 5.32 Å². The average Bonchev–Trinajstić information content (AvgIpc) is 3.18. The van der Waals surface area contributed by atoms with Crippen LogP contribution in [0.2, 0.25) is 0 Å². The van der Waals surface area contributed by atoms with Crippen molar-refractivity contribution < 1.29 is 9.72 Å². The van der Waals surface area contributed by atoms with E-state index in [4.69, 9.17) is 0 Å². The number of carbonyl (C=O) groups is 1. The number of nitro groups is 1. The second-order valence-electron chi connectivity index (χ2n) is 5.63. The van der Waals surface area contributed by atoms with E-state index in [0.717, 1.165) is 42.3 Å². The Kier molecular flexibility index (Phi) is 4.31. The number of hydrogen-bond acceptors (Lipinski definition) is 6. The van der Waals surface area contributed by atoms with Crippen LogP contribution in [-0.4, -0.2) is 20.6 Å². The number of carbonyl (C=O) groups excluding carboxylic acids is 1. The summed E-state index contributed by atoms with van der Waals surface area (Å²) in [6.45, 7) is 1.60. The predicted octanol–water partition coefficient (Wildman–Crippen LogP) is 2.80. The second kappa shape index (κ2) is 6.41. The zero-order valence-corrected chi connectivity index (χ0v) is 13.8. The molecule has 0 fully saturated rings. The van der Waals surface area contributed by atoms with Crippen LogP contribution in [0.5, 0.6) is 0 Å². The standard InChI is InChI=1S/C15H15N5O3S/c1-9(19-8-10(7-17-19)20(22)23)14(21)18-15-12(6-16)11-4-2-3-5-13(11)24-15/h7-9H,2-5H2,1H3,(H,18,21)/t9-/m1/s1. The molecule has 0 bridgehead atoms. The molecular weight excluding hydrogens is 330 g/mol. The molecule has 24 heavy (non-hydrogen) atoms. The fourth-order valence-corrected chi connectivity index (χ4v) is 3.99. The van der Waals surface area contributed by atoms with Crippen LogP contribution in [0.1, 0.15) is 41.8 Å². The van der Waals surface area contributed by atoms with E-state index in [9.17, 15) is 20.2 Å². The lowest BCUT2D eigenvalue weighted by Gasteiger charge is -2.11. The highest BCUT2D eigenvalue weighted by Crippen LogP contribution is 2.37. The van der Waals surface area contributed by atoms with E-state index in [1.807, 2.05) is 0 Å². The number of aryl methyl sites for hydroxylation is 1. The maximum absolute atomic E-state index is 12.4. The van der Waals surface area contributed by atoms with Crippen molar-refractivity contribution in [3.63, 3.8) is 0 Å². The van der Waals surface area contributed by atoms with Gasteiger partial charge in [0.05, 0.1) is 10.5 Å². The lowest BCUT2D eigenvalue weighted by molar-refractivity contribution is -0.385. The molecular formula is C15H15N5O3S. The second-order valence-corrected chi connectivity index (χ2v) is 6.73. The molecule has 2 aromatic heterocycles. The Morgan fingerprint density at radius 2 is 2.29 bits per heavy atom. The summed E-state index contributed by atoms with van der Waals surface area (Å²) >= 11 is 1.45. The molecule has 1 N–H and O–H groups in total. The minimum atomic E-state index is -0.718. The lowest BCUT2D eigenvalue weighted by atomic mass is 9.96. The Hall–Kier alpha value is -2.73. The molecule has 2 aromatic rings. The molecule has 0 saturated carbocycles. The number of nitrogens with one attached hydrogen (secondary N) is 1. The fourth-order valence-electron chi connectivity index (χ4n) is 2.74. The van der Waals surface area contributed by atoms with Crippen LogP contribution in [0.25, 0.3) is 0 Å². The summed E-state index contributed by atoms with van der Waals surface area (Å²) in [5.74, 6) is -0.358. The number of nitriles is 1. The van der Waals surface area contributed by atoms with Gasteiger partial charge in [0, 0.05) is 4.88 Å². The van der Waals surface area contributed by atoms with Gasteiger partial charge in [-0.3, -0.25) is 19.6 Å². The molecule has 3 rings (SSSR count). The number of hydrogen-bond donors (Lipinski definition) is 1. The van der Waals surface area contributed by atoms with Gasteiger partial charge in [-0.1, -0.05) is 0 Å². The van der Waals surface area contributed by atoms with Gasteiger partial charge < -0.3 is 5.32 Å². The van der Waals surface area contributed by atoms with Crippen LogP contribution in [0.15, 0.2) is 12.4 Å². The quantitative estimate of drug-likeness (QED) is 0.676. The van der Waals surface area contributed by atoms with Crippen molar-refractivity contribution in [1.29, 1.82) is 5.26 Å². The first-order chi connectivity index (χ1) is 11.5. The molecule has 0 radical (unpaired) electrons. The fraction of sp³-hybridized carbons (Fsp3) is 0.400. The number of rotatable bonds is 4. The van der Waals surface area contributed by atoms with Gasteiger partial charge in [-0.25, -0.2) is 0 Å². The Balaban J connectivity index is 1.80. The van der Waals surface area contributed by atoms with Crippen molar-refractivity contribution in [2.45, 2.75) is 38.6 Å². The first-order valence-corrected chi connectivity index (χ1v) is 8.37. The lowest BCUT2D eigenvalue weighted by Crippen LogP contribution is -2.24. The summed E-state index contributed by atoms with van der Waals surface area (Å²) in [6, 6.07) is 1.47. The smallest absolute Gasteiger partial charge is 0.307 e. The number of aromatic nitrogens is 2.